The third kappa shape index (κ3) is 4.64. The average molecular weight is 502 g/mol. The summed E-state index contributed by atoms with van der Waals surface area (Å²) in [5, 5.41) is 6.79. The summed E-state index contributed by atoms with van der Waals surface area (Å²) < 4.78 is 2.04. The molecule has 2 saturated heterocycles. The Kier molecular flexibility index (Phi) is 6.14. The van der Waals surface area contributed by atoms with Gasteiger partial charge in [0, 0.05) is 44.0 Å². The number of carbonyl (C=O) groups is 4. The van der Waals surface area contributed by atoms with Crippen molar-refractivity contribution in [3.05, 3.63) is 47.3 Å². The maximum atomic E-state index is 13.3. The zero-order valence-corrected chi connectivity index (χ0v) is 21.4. The van der Waals surface area contributed by atoms with E-state index in [-0.39, 0.29) is 40.8 Å². The summed E-state index contributed by atoms with van der Waals surface area (Å²) in [7, 11) is 1.52. The number of carbonyl (C=O) groups excluding carboxylic acids is 4. The molecule has 1 aromatic heterocycles. The van der Waals surface area contributed by atoms with E-state index >= 15 is 0 Å². The molecular weight excluding hydrogens is 470 g/mol. The summed E-state index contributed by atoms with van der Waals surface area (Å²) in [6.45, 7) is 5.70. The monoisotopic (exact) mass is 501 g/mol. The molecule has 192 valence electrons. The number of nitrogens with zero attached hydrogens (tertiary/aromatic N) is 4. The van der Waals surface area contributed by atoms with Gasteiger partial charge in [-0.15, -0.1) is 0 Å². The standard InChI is InChI=1S/C28H31N5O4/c1-27(12-9-19-14-29-33(15-19)28(2)10-4-11-28)17-32(18-27)21-6-5-20(16-34)22(13-21)26(37)31(3)23-7-8-24(35)30-25(23)36/h5-6,13-16,23H,4,7-8,10-11,17-18H2,1-3H3,(H,30,35,36). The first-order valence-corrected chi connectivity index (χ1v) is 12.6. The highest BCUT2D eigenvalue weighted by Crippen LogP contribution is 2.38. The van der Waals surface area contributed by atoms with Gasteiger partial charge in [-0.2, -0.15) is 5.10 Å². The van der Waals surface area contributed by atoms with Gasteiger partial charge in [-0.25, -0.2) is 0 Å². The smallest absolute Gasteiger partial charge is 0.255 e. The van der Waals surface area contributed by atoms with E-state index in [1.54, 1.807) is 12.1 Å². The highest BCUT2D eigenvalue weighted by atomic mass is 16.2. The maximum absolute atomic E-state index is 13.3. The Balaban J connectivity index is 1.28. The summed E-state index contributed by atoms with van der Waals surface area (Å²) in [6.07, 6.45) is 8.44. The van der Waals surface area contributed by atoms with Crippen LogP contribution in [0.4, 0.5) is 5.69 Å². The van der Waals surface area contributed by atoms with Crippen LogP contribution in [0.15, 0.2) is 30.6 Å². The molecule has 37 heavy (non-hydrogen) atoms. The number of likely N-dealkylation sites (N-methyl/N-ethyl adjacent to an activating group) is 1. The average Bonchev–Trinajstić information content (AvgIpc) is 3.32. The summed E-state index contributed by atoms with van der Waals surface area (Å²) >= 11 is 0. The van der Waals surface area contributed by atoms with Gasteiger partial charge in [-0.3, -0.25) is 29.2 Å². The Morgan fingerprint density at radius 3 is 2.65 bits per heavy atom. The fourth-order valence-corrected chi connectivity index (χ4v) is 5.29. The Bertz CT molecular complexity index is 1340. The molecule has 0 radical (unpaired) electrons. The van der Waals surface area contributed by atoms with Crippen LogP contribution in [-0.2, 0) is 15.1 Å². The molecule has 0 bridgehead atoms. The number of rotatable bonds is 5. The molecule has 3 amide bonds. The van der Waals surface area contributed by atoms with E-state index in [0.29, 0.717) is 19.4 Å². The van der Waals surface area contributed by atoms with E-state index in [4.69, 9.17) is 0 Å². The number of aldehydes is 1. The fraction of sp³-hybridized carbons (Fsp3) is 0.464. The number of piperidine rings is 1. The van der Waals surface area contributed by atoms with Crippen molar-refractivity contribution in [3.8, 4) is 11.8 Å². The molecule has 1 saturated carbocycles. The molecule has 1 aliphatic carbocycles. The molecule has 3 heterocycles. The van der Waals surface area contributed by atoms with E-state index < -0.39 is 17.9 Å². The third-order valence-electron chi connectivity index (χ3n) is 7.91. The predicted octanol–water partition coefficient (Wildman–Crippen LogP) is 2.35. The van der Waals surface area contributed by atoms with Crippen molar-refractivity contribution in [2.75, 3.05) is 25.0 Å². The second-order valence-electron chi connectivity index (χ2n) is 11.0. The molecule has 1 unspecified atom stereocenters. The second kappa shape index (κ2) is 9.18. The normalized spacial score (nSPS) is 21.6. The quantitative estimate of drug-likeness (QED) is 0.383. The minimum absolute atomic E-state index is 0.117. The third-order valence-corrected chi connectivity index (χ3v) is 7.91. The second-order valence-corrected chi connectivity index (χ2v) is 11.0. The van der Waals surface area contributed by atoms with Gasteiger partial charge in [0.05, 0.1) is 28.3 Å². The number of amides is 3. The van der Waals surface area contributed by atoms with Gasteiger partial charge in [-0.05, 0) is 57.7 Å². The van der Waals surface area contributed by atoms with Gasteiger partial charge in [0.1, 0.15) is 6.04 Å². The maximum Gasteiger partial charge on any atom is 0.255 e. The largest absolute Gasteiger partial charge is 0.368 e. The van der Waals surface area contributed by atoms with E-state index in [9.17, 15) is 19.2 Å². The zero-order chi connectivity index (χ0) is 26.4. The number of anilines is 1. The van der Waals surface area contributed by atoms with Crippen molar-refractivity contribution in [2.24, 2.45) is 5.41 Å². The highest BCUT2D eigenvalue weighted by Gasteiger charge is 2.39. The van der Waals surface area contributed by atoms with E-state index in [0.717, 1.165) is 24.1 Å². The summed E-state index contributed by atoms with van der Waals surface area (Å²) in [4.78, 5) is 52.1. The molecule has 3 fully saturated rings. The van der Waals surface area contributed by atoms with Gasteiger partial charge in [-0.1, -0.05) is 11.8 Å². The highest BCUT2D eigenvalue weighted by molar-refractivity contribution is 6.06. The molecule has 9 nitrogen and oxygen atoms in total. The van der Waals surface area contributed by atoms with Crippen LogP contribution in [0.5, 0.6) is 0 Å². The number of imide groups is 1. The number of nitrogens with one attached hydrogen (secondary N) is 1. The Morgan fingerprint density at radius 2 is 2.00 bits per heavy atom. The van der Waals surface area contributed by atoms with E-state index in [1.807, 2.05) is 23.1 Å². The van der Waals surface area contributed by atoms with Gasteiger partial charge in [0.25, 0.3) is 5.91 Å². The van der Waals surface area contributed by atoms with E-state index in [2.05, 4.69) is 41.0 Å². The molecule has 2 aromatic rings. The molecule has 1 aromatic carbocycles. The topological polar surface area (TPSA) is 105 Å². The van der Waals surface area contributed by atoms with Crippen LogP contribution in [0.2, 0.25) is 0 Å². The number of hydrogen-bond donors (Lipinski definition) is 1. The number of aromatic nitrogens is 2. The molecule has 5 rings (SSSR count). The molecular formula is C28H31N5O4. The first kappa shape index (κ1) is 24.8. The zero-order valence-electron chi connectivity index (χ0n) is 21.4. The molecule has 2 aliphatic heterocycles. The van der Waals surface area contributed by atoms with Crippen LogP contribution in [0.25, 0.3) is 0 Å². The van der Waals surface area contributed by atoms with Gasteiger partial charge in [0.15, 0.2) is 6.29 Å². The van der Waals surface area contributed by atoms with E-state index in [1.165, 1.54) is 18.4 Å². The van der Waals surface area contributed by atoms with Gasteiger partial charge in [0.2, 0.25) is 11.8 Å². The first-order valence-electron chi connectivity index (χ1n) is 12.6. The lowest BCUT2D eigenvalue weighted by Crippen LogP contribution is -2.54. The molecule has 9 heteroatoms. The fourth-order valence-electron chi connectivity index (χ4n) is 5.29. The van der Waals surface area contributed by atoms with Crippen LogP contribution in [0, 0.1) is 17.3 Å². The first-order chi connectivity index (χ1) is 17.6. The molecule has 3 aliphatic rings. The van der Waals surface area contributed by atoms with Crippen LogP contribution in [-0.4, -0.2) is 64.9 Å². The van der Waals surface area contributed by atoms with Crippen molar-refractivity contribution in [3.63, 3.8) is 0 Å². The summed E-state index contributed by atoms with van der Waals surface area (Å²) in [5.74, 6) is 5.40. The van der Waals surface area contributed by atoms with Crippen molar-refractivity contribution >= 4 is 29.7 Å². The van der Waals surface area contributed by atoms with Crippen LogP contribution in [0.1, 0.15) is 72.2 Å². The lowest BCUT2D eigenvalue weighted by atomic mass is 9.79. The SMILES string of the molecule is CN(C(=O)c1cc(N2CC(C)(C#Cc3cnn(C4(C)CCC4)c3)C2)ccc1C=O)C1CCC(=O)NC1=O. The Morgan fingerprint density at radius 1 is 1.24 bits per heavy atom. The summed E-state index contributed by atoms with van der Waals surface area (Å²) in [5.41, 5.74) is 2.12. The molecule has 1 atom stereocenters. The van der Waals surface area contributed by atoms with Gasteiger partial charge < -0.3 is 9.80 Å². The van der Waals surface area contributed by atoms with Crippen molar-refractivity contribution in [1.29, 1.82) is 0 Å². The van der Waals surface area contributed by atoms with Crippen molar-refractivity contribution in [1.82, 2.24) is 20.0 Å². The Hall–Kier alpha value is -3.93. The minimum atomic E-state index is -0.757. The lowest BCUT2D eigenvalue weighted by molar-refractivity contribution is -0.136. The Labute approximate surface area is 216 Å². The van der Waals surface area contributed by atoms with Crippen LogP contribution in [0.3, 0.4) is 0 Å². The number of benzene rings is 1. The molecule has 1 N–H and O–H groups in total. The minimum Gasteiger partial charge on any atom is -0.368 e. The van der Waals surface area contributed by atoms with Crippen molar-refractivity contribution in [2.45, 2.75) is 57.5 Å². The lowest BCUT2D eigenvalue weighted by Gasteiger charge is -2.46. The predicted molar refractivity (Wildman–Crippen MR) is 137 cm³/mol. The van der Waals surface area contributed by atoms with Crippen molar-refractivity contribution < 1.29 is 19.2 Å². The van der Waals surface area contributed by atoms with Crippen LogP contribution >= 0.6 is 0 Å². The summed E-state index contributed by atoms with van der Waals surface area (Å²) in [6, 6.07) is 4.39. The molecule has 0 spiro atoms. The van der Waals surface area contributed by atoms with Crippen LogP contribution < -0.4 is 10.2 Å². The van der Waals surface area contributed by atoms with Gasteiger partial charge >= 0.3 is 0 Å². The number of hydrogen-bond acceptors (Lipinski definition) is 6.